The van der Waals surface area contributed by atoms with Crippen molar-refractivity contribution >= 4 is 23.7 Å². The van der Waals surface area contributed by atoms with Crippen LogP contribution in [0.2, 0.25) is 0 Å². The van der Waals surface area contributed by atoms with Crippen LogP contribution in [0.15, 0.2) is 11.4 Å². The van der Waals surface area contributed by atoms with Crippen LogP contribution in [0.1, 0.15) is 17.7 Å². The number of hydrogen-bond acceptors (Lipinski definition) is 4. The van der Waals surface area contributed by atoms with Crippen molar-refractivity contribution in [3.63, 3.8) is 0 Å². The summed E-state index contributed by atoms with van der Waals surface area (Å²) >= 11 is 1.79. The van der Waals surface area contributed by atoms with Gasteiger partial charge in [-0.1, -0.05) is 0 Å². The van der Waals surface area contributed by atoms with Gasteiger partial charge in [-0.25, -0.2) is 0 Å². The second-order valence-corrected chi connectivity index (χ2v) is 5.28. The van der Waals surface area contributed by atoms with Gasteiger partial charge in [-0.15, -0.1) is 23.7 Å². The summed E-state index contributed by atoms with van der Waals surface area (Å²) in [6.07, 6.45) is 2.59. The Balaban J connectivity index is 0.00000144. The minimum Gasteiger partial charge on any atom is -0.496 e. The van der Waals surface area contributed by atoms with Crippen molar-refractivity contribution in [1.29, 1.82) is 0 Å². The van der Waals surface area contributed by atoms with Crippen molar-refractivity contribution in [2.75, 3.05) is 27.2 Å². The van der Waals surface area contributed by atoms with E-state index in [9.17, 15) is 0 Å². The molecule has 0 bridgehead atoms. The molecule has 1 saturated heterocycles. The molecule has 1 aliphatic heterocycles. The molecule has 1 unspecified atom stereocenters. The van der Waals surface area contributed by atoms with Crippen molar-refractivity contribution in [2.45, 2.75) is 25.4 Å². The van der Waals surface area contributed by atoms with Crippen LogP contribution in [0.4, 0.5) is 0 Å². The standard InChI is InChI=1S/C12H20N2OS.ClH/c1-13-10-4-3-6-14(8-10)9-12-11(15-2)5-7-16-12;/h5,7,10,13H,3-4,6,8-9H2,1-2H3;1H. The van der Waals surface area contributed by atoms with Crippen LogP contribution < -0.4 is 10.1 Å². The molecule has 0 spiro atoms. The molecule has 0 radical (unpaired) electrons. The summed E-state index contributed by atoms with van der Waals surface area (Å²) in [7, 11) is 3.80. The van der Waals surface area contributed by atoms with Gasteiger partial charge in [0.2, 0.25) is 0 Å². The summed E-state index contributed by atoms with van der Waals surface area (Å²) in [6.45, 7) is 3.38. The van der Waals surface area contributed by atoms with Gasteiger partial charge in [-0.3, -0.25) is 4.90 Å². The summed E-state index contributed by atoms with van der Waals surface area (Å²) in [5.41, 5.74) is 0. The Bertz CT molecular complexity index is 332. The second kappa shape index (κ2) is 7.21. The van der Waals surface area contributed by atoms with E-state index in [0.717, 1.165) is 18.8 Å². The Morgan fingerprint density at radius 3 is 3.12 bits per heavy atom. The van der Waals surface area contributed by atoms with E-state index in [0.29, 0.717) is 6.04 Å². The summed E-state index contributed by atoms with van der Waals surface area (Å²) in [6, 6.07) is 2.71. The first kappa shape index (κ1) is 14.8. The van der Waals surface area contributed by atoms with E-state index in [1.807, 2.05) is 0 Å². The van der Waals surface area contributed by atoms with Crippen molar-refractivity contribution < 1.29 is 4.74 Å². The molecule has 0 saturated carbocycles. The normalized spacial score (nSPS) is 20.9. The fraction of sp³-hybridized carbons (Fsp3) is 0.667. The number of likely N-dealkylation sites (tertiary alicyclic amines) is 1. The number of hydrogen-bond donors (Lipinski definition) is 1. The zero-order valence-electron chi connectivity index (χ0n) is 10.4. The fourth-order valence-corrected chi connectivity index (χ4v) is 3.14. The van der Waals surface area contributed by atoms with Crippen LogP contribution >= 0.6 is 23.7 Å². The molecule has 17 heavy (non-hydrogen) atoms. The maximum atomic E-state index is 5.35. The van der Waals surface area contributed by atoms with Gasteiger partial charge in [0.15, 0.2) is 0 Å². The average Bonchev–Trinajstić information content (AvgIpc) is 2.76. The van der Waals surface area contributed by atoms with Crippen LogP contribution in [-0.4, -0.2) is 38.2 Å². The fourth-order valence-electron chi connectivity index (χ4n) is 2.26. The Kier molecular flexibility index (Phi) is 6.27. The van der Waals surface area contributed by atoms with Gasteiger partial charge in [0.05, 0.1) is 12.0 Å². The zero-order valence-corrected chi connectivity index (χ0v) is 12.1. The molecular weight excluding hydrogens is 256 g/mol. The van der Waals surface area contributed by atoms with Gasteiger partial charge in [0, 0.05) is 19.1 Å². The van der Waals surface area contributed by atoms with E-state index in [1.165, 1.54) is 24.3 Å². The number of piperidine rings is 1. The molecular formula is C12H21ClN2OS. The molecule has 2 rings (SSSR count). The molecule has 5 heteroatoms. The third-order valence-corrected chi connectivity index (χ3v) is 4.09. The lowest BCUT2D eigenvalue weighted by molar-refractivity contribution is 0.188. The van der Waals surface area contributed by atoms with Crippen molar-refractivity contribution in [3.05, 3.63) is 16.3 Å². The predicted octanol–water partition coefficient (Wildman–Crippen LogP) is 2.36. The Morgan fingerprint density at radius 2 is 2.41 bits per heavy atom. The highest BCUT2D eigenvalue weighted by Gasteiger charge is 2.19. The van der Waals surface area contributed by atoms with Crippen LogP contribution in [0.3, 0.4) is 0 Å². The van der Waals surface area contributed by atoms with Crippen LogP contribution in [0.25, 0.3) is 0 Å². The topological polar surface area (TPSA) is 24.5 Å². The largest absolute Gasteiger partial charge is 0.496 e. The van der Waals surface area contributed by atoms with E-state index in [-0.39, 0.29) is 12.4 Å². The van der Waals surface area contributed by atoms with Gasteiger partial charge in [-0.2, -0.15) is 0 Å². The molecule has 1 aromatic heterocycles. The summed E-state index contributed by atoms with van der Waals surface area (Å²) in [5.74, 6) is 1.04. The first-order valence-corrected chi connectivity index (χ1v) is 6.71. The third-order valence-electron chi connectivity index (χ3n) is 3.21. The van der Waals surface area contributed by atoms with E-state index >= 15 is 0 Å². The maximum absolute atomic E-state index is 5.35. The lowest BCUT2D eigenvalue weighted by Crippen LogP contribution is -2.43. The predicted molar refractivity (Wildman–Crippen MR) is 75.5 cm³/mol. The first-order valence-electron chi connectivity index (χ1n) is 5.83. The molecule has 1 N–H and O–H groups in total. The van der Waals surface area contributed by atoms with E-state index in [2.05, 4.69) is 28.7 Å². The zero-order chi connectivity index (χ0) is 11.4. The molecule has 0 aliphatic carbocycles. The molecule has 1 aromatic rings. The van der Waals surface area contributed by atoms with Crippen molar-refractivity contribution in [3.8, 4) is 5.75 Å². The summed E-state index contributed by atoms with van der Waals surface area (Å²) < 4.78 is 5.35. The molecule has 0 amide bonds. The van der Waals surface area contributed by atoms with Crippen molar-refractivity contribution in [1.82, 2.24) is 10.2 Å². The molecule has 98 valence electrons. The molecule has 0 aromatic carbocycles. The Morgan fingerprint density at radius 1 is 1.59 bits per heavy atom. The minimum absolute atomic E-state index is 0. The highest BCUT2D eigenvalue weighted by molar-refractivity contribution is 7.10. The minimum atomic E-state index is 0. The number of nitrogens with one attached hydrogen (secondary N) is 1. The van der Waals surface area contributed by atoms with Gasteiger partial charge in [-0.05, 0) is 37.9 Å². The SMILES string of the molecule is CNC1CCCN(Cc2sccc2OC)C1.Cl. The number of likely N-dealkylation sites (N-methyl/N-ethyl adjacent to an activating group) is 1. The van der Waals surface area contributed by atoms with Crippen LogP contribution in [0.5, 0.6) is 5.75 Å². The highest BCUT2D eigenvalue weighted by atomic mass is 35.5. The Labute approximate surface area is 114 Å². The van der Waals surface area contributed by atoms with Crippen LogP contribution in [-0.2, 0) is 6.54 Å². The van der Waals surface area contributed by atoms with Gasteiger partial charge in [0.1, 0.15) is 5.75 Å². The lowest BCUT2D eigenvalue weighted by Gasteiger charge is -2.32. The van der Waals surface area contributed by atoms with E-state index < -0.39 is 0 Å². The van der Waals surface area contributed by atoms with Crippen LogP contribution in [0, 0.1) is 0 Å². The molecule has 3 nitrogen and oxygen atoms in total. The van der Waals surface area contributed by atoms with Crippen molar-refractivity contribution in [2.24, 2.45) is 0 Å². The van der Waals surface area contributed by atoms with E-state index in [4.69, 9.17) is 4.74 Å². The van der Waals surface area contributed by atoms with E-state index in [1.54, 1.807) is 18.4 Å². The molecule has 2 heterocycles. The summed E-state index contributed by atoms with van der Waals surface area (Å²) in [4.78, 5) is 3.86. The summed E-state index contributed by atoms with van der Waals surface area (Å²) in [5, 5.41) is 5.48. The second-order valence-electron chi connectivity index (χ2n) is 4.28. The number of methoxy groups -OCH3 is 1. The number of nitrogens with zero attached hydrogens (tertiary/aromatic N) is 1. The maximum Gasteiger partial charge on any atom is 0.134 e. The van der Waals surface area contributed by atoms with Gasteiger partial charge < -0.3 is 10.1 Å². The smallest absolute Gasteiger partial charge is 0.134 e. The lowest BCUT2D eigenvalue weighted by atomic mass is 10.1. The van der Waals surface area contributed by atoms with Gasteiger partial charge >= 0.3 is 0 Å². The third kappa shape index (κ3) is 3.85. The number of ether oxygens (including phenoxy) is 1. The number of thiophene rings is 1. The molecule has 1 aliphatic rings. The molecule has 1 atom stereocenters. The highest BCUT2D eigenvalue weighted by Crippen LogP contribution is 2.26. The Hall–Kier alpha value is -0.290. The molecule has 1 fully saturated rings. The van der Waals surface area contributed by atoms with Gasteiger partial charge in [0.25, 0.3) is 0 Å². The number of halogens is 1. The quantitative estimate of drug-likeness (QED) is 0.914. The monoisotopic (exact) mass is 276 g/mol. The first-order chi connectivity index (χ1) is 7.83. The average molecular weight is 277 g/mol. The number of rotatable bonds is 4.